The number of halogens is 1. The molecule has 3 N–H and O–H groups in total. The Balaban J connectivity index is 0.00000180. The van der Waals surface area contributed by atoms with E-state index in [1.807, 2.05) is 30.3 Å². The van der Waals surface area contributed by atoms with Crippen LogP contribution in [0.5, 0.6) is 0 Å². The Bertz CT molecular complexity index is 435. The van der Waals surface area contributed by atoms with Crippen molar-refractivity contribution in [2.24, 2.45) is 11.7 Å². The minimum absolute atomic E-state index is 0. The van der Waals surface area contributed by atoms with Crippen LogP contribution in [-0.4, -0.2) is 36.3 Å². The minimum atomic E-state index is -0.480. The molecule has 0 aliphatic carbocycles. The number of carbonyl (C=O) groups excluding carboxylic acids is 2. The van der Waals surface area contributed by atoms with Crippen LogP contribution in [0.3, 0.4) is 0 Å². The molecule has 1 aromatic rings. The predicted octanol–water partition coefficient (Wildman–Crippen LogP) is 0.142. The summed E-state index contributed by atoms with van der Waals surface area (Å²) in [5, 5.41) is 3.05. The molecular formula is C13H18ClN3O2. The molecule has 5 nitrogen and oxygen atoms in total. The summed E-state index contributed by atoms with van der Waals surface area (Å²) >= 11 is 0. The van der Waals surface area contributed by atoms with Crippen LogP contribution in [0.25, 0.3) is 0 Å². The van der Waals surface area contributed by atoms with Crippen molar-refractivity contribution in [1.29, 1.82) is 0 Å². The van der Waals surface area contributed by atoms with Crippen molar-refractivity contribution in [3.05, 3.63) is 35.9 Å². The molecule has 1 heterocycles. The van der Waals surface area contributed by atoms with Crippen LogP contribution in [-0.2, 0) is 16.1 Å². The highest BCUT2D eigenvalue weighted by atomic mass is 35.5. The molecule has 0 spiro atoms. The van der Waals surface area contributed by atoms with Crippen LogP contribution in [0, 0.1) is 5.92 Å². The topological polar surface area (TPSA) is 75.4 Å². The molecule has 1 aliphatic rings. The summed E-state index contributed by atoms with van der Waals surface area (Å²) in [6, 6.07) is 9.60. The molecule has 0 bridgehead atoms. The van der Waals surface area contributed by atoms with E-state index in [0.717, 1.165) is 5.56 Å². The zero-order valence-corrected chi connectivity index (χ0v) is 11.4. The van der Waals surface area contributed by atoms with Gasteiger partial charge in [0.2, 0.25) is 11.8 Å². The van der Waals surface area contributed by atoms with E-state index in [-0.39, 0.29) is 30.8 Å². The first-order valence-electron chi connectivity index (χ1n) is 5.98. The highest BCUT2D eigenvalue weighted by molar-refractivity contribution is 5.86. The molecule has 1 aromatic carbocycles. The second kappa shape index (κ2) is 7.11. The van der Waals surface area contributed by atoms with Crippen LogP contribution < -0.4 is 11.1 Å². The van der Waals surface area contributed by atoms with Crippen molar-refractivity contribution in [3.8, 4) is 0 Å². The van der Waals surface area contributed by atoms with Crippen molar-refractivity contribution in [3.63, 3.8) is 0 Å². The number of primary amides is 1. The quantitative estimate of drug-likeness (QED) is 0.807. The summed E-state index contributed by atoms with van der Waals surface area (Å²) in [7, 11) is 0. The van der Waals surface area contributed by atoms with Crippen LogP contribution in [0.1, 0.15) is 5.56 Å². The van der Waals surface area contributed by atoms with Crippen molar-refractivity contribution in [2.75, 3.05) is 19.6 Å². The van der Waals surface area contributed by atoms with Gasteiger partial charge in [-0.3, -0.25) is 9.59 Å². The van der Waals surface area contributed by atoms with E-state index in [4.69, 9.17) is 5.73 Å². The molecular weight excluding hydrogens is 266 g/mol. The third-order valence-electron chi connectivity index (χ3n) is 3.01. The normalized spacial score (nSPS) is 14.1. The van der Waals surface area contributed by atoms with E-state index in [2.05, 4.69) is 5.32 Å². The monoisotopic (exact) mass is 283 g/mol. The Morgan fingerprint density at radius 3 is 2.37 bits per heavy atom. The number of nitrogens with one attached hydrogen (secondary N) is 1. The zero-order valence-electron chi connectivity index (χ0n) is 10.5. The number of hydrogen-bond acceptors (Lipinski definition) is 3. The van der Waals surface area contributed by atoms with Gasteiger partial charge in [-0.25, -0.2) is 0 Å². The van der Waals surface area contributed by atoms with Gasteiger partial charge in [0.15, 0.2) is 0 Å². The smallest absolute Gasteiger partial charge is 0.237 e. The lowest BCUT2D eigenvalue weighted by molar-refractivity contribution is -0.140. The summed E-state index contributed by atoms with van der Waals surface area (Å²) in [6.45, 7) is 1.77. The van der Waals surface area contributed by atoms with Gasteiger partial charge in [0.05, 0.1) is 12.5 Å². The summed E-state index contributed by atoms with van der Waals surface area (Å²) in [6.07, 6.45) is 0. The number of carbonyl (C=O) groups is 2. The first-order valence-corrected chi connectivity index (χ1v) is 5.98. The van der Waals surface area contributed by atoms with Crippen molar-refractivity contribution >= 4 is 24.2 Å². The van der Waals surface area contributed by atoms with Crippen molar-refractivity contribution in [1.82, 2.24) is 10.2 Å². The molecule has 0 unspecified atom stereocenters. The van der Waals surface area contributed by atoms with E-state index in [1.165, 1.54) is 4.90 Å². The maximum atomic E-state index is 12.1. The average molecular weight is 284 g/mol. The van der Waals surface area contributed by atoms with Crippen LogP contribution >= 0.6 is 12.4 Å². The van der Waals surface area contributed by atoms with Gasteiger partial charge in [-0.15, -0.1) is 12.4 Å². The molecule has 1 aliphatic heterocycles. The number of nitrogens with two attached hydrogens (primary N) is 1. The number of rotatable bonds is 5. The summed E-state index contributed by atoms with van der Waals surface area (Å²) in [5.74, 6) is -0.504. The fraction of sp³-hybridized carbons (Fsp3) is 0.385. The maximum Gasteiger partial charge on any atom is 0.237 e. The van der Waals surface area contributed by atoms with Crippen LogP contribution in [0.4, 0.5) is 0 Å². The Kier molecular flexibility index (Phi) is 5.79. The third-order valence-corrected chi connectivity index (χ3v) is 3.01. The van der Waals surface area contributed by atoms with Gasteiger partial charge in [0.25, 0.3) is 0 Å². The van der Waals surface area contributed by atoms with Gasteiger partial charge in [-0.1, -0.05) is 30.3 Å². The SMILES string of the molecule is Cl.NC(=O)CN(Cc1ccccc1)C(=O)C1CNC1. The minimum Gasteiger partial charge on any atom is -0.368 e. The van der Waals surface area contributed by atoms with E-state index < -0.39 is 5.91 Å². The first kappa shape index (κ1) is 15.5. The lowest BCUT2D eigenvalue weighted by Gasteiger charge is -2.31. The molecule has 2 amide bonds. The number of nitrogens with zero attached hydrogens (tertiary/aromatic N) is 1. The Labute approximate surface area is 118 Å². The predicted molar refractivity (Wildman–Crippen MR) is 74.7 cm³/mol. The van der Waals surface area contributed by atoms with E-state index in [0.29, 0.717) is 19.6 Å². The first-order chi connectivity index (χ1) is 8.66. The second-order valence-electron chi connectivity index (χ2n) is 4.50. The molecule has 0 atom stereocenters. The molecule has 2 rings (SSSR count). The molecule has 0 saturated carbocycles. The zero-order chi connectivity index (χ0) is 13.0. The van der Waals surface area contributed by atoms with E-state index in [1.54, 1.807) is 0 Å². The molecule has 1 saturated heterocycles. The van der Waals surface area contributed by atoms with Gasteiger partial charge in [0, 0.05) is 19.6 Å². The molecule has 1 fully saturated rings. The van der Waals surface area contributed by atoms with E-state index >= 15 is 0 Å². The highest BCUT2D eigenvalue weighted by Crippen LogP contribution is 2.11. The number of amides is 2. The van der Waals surface area contributed by atoms with Gasteiger partial charge in [-0.05, 0) is 5.56 Å². The standard InChI is InChI=1S/C13H17N3O2.ClH/c14-12(17)9-16(13(18)11-6-15-7-11)8-10-4-2-1-3-5-10;/h1-5,11,15H,6-9H2,(H2,14,17);1H. The fourth-order valence-corrected chi connectivity index (χ4v) is 1.93. The summed E-state index contributed by atoms with van der Waals surface area (Å²) < 4.78 is 0. The second-order valence-corrected chi connectivity index (χ2v) is 4.50. The Hall–Kier alpha value is -1.59. The third kappa shape index (κ3) is 4.22. The molecule has 19 heavy (non-hydrogen) atoms. The van der Waals surface area contributed by atoms with Gasteiger partial charge < -0.3 is 16.0 Å². The molecule has 6 heteroatoms. The van der Waals surface area contributed by atoms with Crippen LogP contribution in [0.2, 0.25) is 0 Å². The van der Waals surface area contributed by atoms with Gasteiger partial charge >= 0.3 is 0 Å². The average Bonchev–Trinajstić information content (AvgIpc) is 2.26. The summed E-state index contributed by atoms with van der Waals surface area (Å²) in [4.78, 5) is 24.7. The van der Waals surface area contributed by atoms with Crippen molar-refractivity contribution in [2.45, 2.75) is 6.54 Å². The Morgan fingerprint density at radius 1 is 1.26 bits per heavy atom. The van der Waals surface area contributed by atoms with Crippen LogP contribution in [0.15, 0.2) is 30.3 Å². The van der Waals surface area contributed by atoms with E-state index in [9.17, 15) is 9.59 Å². The number of hydrogen-bond donors (Lipinski definition) is 2. The lowest BCUT2D eigenvalue weighted by Crippen LogP contribution is -2.53. The lowest BCUT2D eigenvalue weighted by atomic mass is 10.0. The maximum absolute atomic E-state index is 12.1. The molecule has 0 radical (unpaired) electrons. The number of benzene rings is 1. The largest absolute Gasteiger partial charge is 0.368 e. The Morgan fingerprint density at radius 2 is 1.89 bits per heavy atom. The highest BCUT2D eigenvalue weighted by Gasteiger charge is 2.29. The summed E-state index contributed by atoms with van der Waals surface area (Å²) in [5.41, 5.74) is 6.20. The molecule has 0 aromatic heterocycles. The molecule has 104 valence electrons. The fourth-order valence-electron chi connectivity index (χ4n) is 1.93. The van der Waals surface area contributed by atoms with Crippen molar-refractivity contribution < 1.29 is 9.59 Å². The van der Waals surface area contributed by atoms with Gasteiger partial charge in [-0.2, -0.15) is 0 Å². The van der Waals surface area contributed by atoms with Gasteiger partial charge in [0.1, 0.15) is 0 Å².